The molecule has 2 rings (SSSR count). The minimum Gasteiger partial charge on any atom is -0.479 e. The van der Waals surface area contributed by atoms with E-state index in [-0.39, 0.29) is 0 Å². The zero-order valence-corrected chi connectivity index (χ0v) is 8.11. The largest absolute Gasteiger partial charge is 0.479 e. The van der Waals surface area contributed by atoms with Crippen molar-refractivity contribution in [2.45, 2.75) is 18.6 Å². The molecule has 2 N–H and O–H groups in total. The average Bonchev–Trinajstić information content (AvgIpc) is 2.68. The molecule has 5 nitrogen and oxygen atoms in total. The predicted molar refractivity (Wildman–Crippen MR) is 50.2 cm³/mol. The number of carbonyl (C=O) groups is 1. The molecule has 2 atom stereocenters. The van der Waals surface area contributed by atoms with E-state index in [0.29, 0.717) is 19.1 Å². The summed E-state index contributed by atoms with van der Waals surface area (Å²) in [4.78, 5) is 13.0. The summed E-state index contributed by atoms with van der Waals surface area (Å²) in [5.41, 5.74) is 0. The summed E-state index contributed by atoms with van der Waals surface area (Å²) >= 11 is 0. The van der Waals surface area contributed by atoms with E-state index in [9.17, 15) is 4.79 Å². The van der Waals surface area contributed by atoms with Crippen LogP contribution in [0.3, 0.4) is 0 Å². The van der Waals surface area contributed by atoms with Gasteiger partial charge in [0.1, 0.15) is 0 Å². The fourth-order valence-corrected chi connectivity index (χ4v) is 2.08. The van der Waals surface area contributed by atoms with Crippen molar-refractivity contribution in [3.8, 4) is 0 Å². The van der Waals surface area contributed by atoms with Gasteiger partial charge in [-0.1, -0.05) is 0 Å². The Morgan fingerprint density at radius 2 is 2.14 bits per heavy atom. The van der Waals surface area contributed by atoms with Crippen LogP contribution in [0.4, 0.5) is 0 Å². The Morgan fingerprint density at radius 3 is 2.71 bits per heavy atom. The molecule has 2 fully saturated rings. The molecule has 2 heterocycles. The lowest BCUT2D eigenvalue weighted by atomic mass is 10.1. The Bertz CT molecular complexity index is 216. The smallest absolute Gasteiger partial charge is 0.332 e. The molecule has 0 saturated carbocycles. The van der Waals surface area contributed by atoms with Gasteiger partial charge < -0.3 is 15.2 Å². The molecule has 0 aromatic carbocycles. The first-order chi connectivity index (χ1) is 6.77. The van der Waals surface area contributed by atoms with Crippen LogP contribution in [0, 0.1) is 0 Å². The van der Waals surface area contributed by atoms with E-state index in [1.807, 2.05) is 0 Å². The molecular formula is C9H16N2O3. The van der Waals surface area contributed by atoms with Crippen LogP contribution in [-0.4, -0.2) is 60.9 Å². The van der Waals surface area contributed by atoms with Crippen LogP contribution in [0.25, 0.3) is 0 Å². The molecule has 5 heteroatoms. The fourth-order valence-electron chi connectivity index (χ4n) is 2.08. The lowest BCUT2D eigenvalue weighted by Crippen LogP contribution is -2.48. The van der Waals surface area contributed by atoms with Gasteiger partial charge in [0, 0.05) is 38.6 Å². The number of carboxylic acid groups (broad SMARTS) is 1. The highest BCUT2D eigenvalue weighted by Crippen LogP contribution is 2.19. The first kappa shape index (κ1) is 9.89. The van der Waals surface area contributed by atoms with Crippen LogP contribution in [0.1, 0.15) is 6.42 Å². The molecule has 0 aliphatic carbocycles. The standard InChI is InChI=1S/C9H16N2O3/c12-9(13)8-5-7(6-14-8)11-3-1-10-2-4-11/h7-8,10H,1-6H2,(H,12,13). The van der Waals surface area contributed by atoms with Crippen molar-refractivity contribution in [1.29, 1.82) is 0 Å². The summed E-state index contributed by atoms with van der Waals surface area (Å²) in [5, 5.41) is 12.0. The van der Waals surface area contributed by atoms with Crippen LogP contribution >= 0.6 is 0 Å². The van der Waals surface area contributed by atoms with Crippen molar-refractivity contribution in [3.63, 3.8) is 0 Å². The molecule has 0 aromatic heterocycles. The van der Waals surface area contributed by atoms with Gasteiger partial charge in [0.05, 0.1) is 6.61 Å². The summed E-state index contributed by atoms with van der Waals surface area (Å²) < 4.78 is 5.22. The van der Waals surface area contributed by atoms with Crippen LogP contribution in [-0.2, 0) is 9.53 Å². The van der Waals surface area contributed by atoms with Crippen LogP contribution in [0.5, 0.6) is 0 Å². The maximum atomic E-state index is 10.7. The Balaban J connectivity index is 1.85. The third-order valence-electron chi connectivity index (χ3n) is 2.92. The highest BCUT2D eigenvalue weighted by molar-refractivity contribution is 5.72. The third-order valence-corrected chi connectivity index (χ3v) is 2.92. The second-order valence-corrected chi connectivity index (χ2v) is 3.84. The van der Waals surface area contributed by atoms with Crippen molar-refractivity contribution < 1.29 is 14.6 Å². The van der Waals surface area contributed by atoms with Crippen LogP contribution in [0.15, 0.2) is 0 Å². The normalized spacial score (nSPS) is 34.6. The maximum absolute atomic E-state index is 10.7. The summed E-state index contributed by atoms with van der Waals surface area (Å²) in [5.74, 6) is -0.831. The number of nitrogens with zero attached hydrogens (tertiary/aromatic N) is 1. The topological polar surface area (TPSA) is 61.8 Å². The monoisotopic (exact) mass is 200 g/mol. The van der Waals surface area contributed by atoms with Gasteiger partial charge in [-0.15, -0.1) is 0 Å². The molecule has 2 aliphatic heterocycles. The Kier molecular flexibility index (Phi) is 3.00. The summed E-state index contributed by atoms with van der Waals surface area (Å²) in [6.07, 6.45) is 0.0462. The molecule has 14 heavy (non-hydrogen) atoms. The fraction of sp³-hybridized carbons (Fsp3) is 0.889. The first-order valence-corrected chi connectivity index (χ1v) is 5.06. The van der Waals surface area contributed by atoms with Gasteiger partial charge >= 0.3 is 5.97 Å². The molecule has 2 aliphatic rings. The van der Waals surface area contributed by atoms with Crippen molar-refractivity contribution in [1.82, 2.24) is 10.2 Å². The molecule has 0 amide bonds. The van der Waals surface area contributed by atoms with Gasteiger partial charge in [-0.05, 0) is 0 Å². The number of hydrogen-bond donors (Lipinski definition) is 2. The second kappa shape index (κ2) is 4.25. The molecule has 80 valence electrons. The van der Waals surface area contributed by atoms with E-state index in [1.165, 1.54) is 0 Å². The maximum Gasteiger partial charge on any atom is 0.332 e. The van der Waals surface area contributed by atoms with E-state index >= 15 is 0 Å². The minimum absolute atomic E-state index is 0.304. The summed E-state index contributed by atoms with van der Waals surface area (Å²) in [6.45, 7) is 4.56. The molecular weight excluding hydrogens is 184 g/mol. The highest BCUT2D eigenvalue weighted by atomic mass is 16.5. The zero-order chi connectivity index (χ0) is 9.97. The number of aliphatic carboxylic acids is 1. The van der Waals surface area contributed by atoms with Gasteiger partial charge in [0.2, 0.25) is 0 Å². The van der Waals surface area contributed by atoms with Gasteiger partial charge in [-0.2, -0.15) is 0 Å². The molecule has 0 radical (unpaired) electrons. The van der Waals surface area contributed by atoms with Crippen molar-refractivity contribution in [3.05, 3.63) is 0 Å². The molecule has 0 bridgehead atoms. The third kappa shape index (κ3) is 2.05. The first-order valence-electron chi connectivity index (χ1n) is 5.06. The number of ether oxygens (including phenoxy) is 1. The van der Waals surface area contributed by atoms with Gasteiger partial charge in [0.15, 0.2) is 6.10 Å². The molecule has 2 saturated heterocycles. The Labute approximate surface area is 83.0 Å². The van der Waals surface area contributed by atoms with Crippen molar-refractivity contribution in [2.75, 3.05) is 32.8 Å². The second-order valence-electron chi connectivity index (χ2n) is 3.84. The number of nitrogens with one attached hydrogen (secondary N) is 1. The Hall–Kier alpha value is -0.650. The SMILES string of the molecule is O=C(O)C1CC(N2CCNCC2)CO1. The van der Waals surface area contributed by atoms with E-state index in [2.05, 4.69) is 10.2 Å². The van der Waals surface area contributed by atoms with Crippen molar-refractivity contribution in [2.24, 2.45) is 0 Å². The van der Waals surface area contributed by atoms with Crippen LogP contribution in [0.2, 0.25) is 0 Å². The zero-order valence-electron chi connectivity index (χ0n) is 8.11. The van der Waals surface area contributed by atoms with E-state index in [0.717, 1.165) is 26.2 Å². The van der Waals surface area contributed by atoms with Crippen molar-refractivity contribution >= 4 is 5.97 Å². The molecule has 0 spiro atoms. The summed E-state index contributed by atoms with van der Waals surface area (Å²) in [7, 11) is 0. The van der Waals surface area contributed by atoms with E-state index in [1.54, 1.807) is 0 Å². The Morgan fingerprint density at radius 1 is 1.43 bits per heavy atom. The summed E-state index contributed by atoms with van der Waals surface area (Å²) in [6, 6.07) is 0.304. The molecule has 0 aromatic rings. The average molecular weight is 200 g/mol. The quantitative estimate of drug-likeness (QED) is 0.607. The van der Waals surface area contributed by atoms with Gasteiger partial charge in [-0.25, -0.2) is 4.79 Å². The molecule has 2 unspecified atom stereocenters. The highest BCUT2D eigenvalue weighted by Gasteiger charge is 2.34. The van der Waals surface area contributed by atoms with E-state index in [4.69, 9.17) is 9.84 Å². The lowest BCUT2D eigenvalue weighted by Gasteiger charge is -2.31. The number of carboxylic acids is 1. The number of rotatable bonds is 2. The number of piperazine rings is 1. The minimum atomic E-state index is -0.831. The number of hydrogen-bond acceptors (Lipinski definition) is 4. The van der Waals surface area contributed by atoms with E-state index < -0.39 is 12.1 Å². The van der Waals surface area contributed by atoms with Crippen LogP contribution < -0.4 is 5.32 Å². The lowest BCUT2D eigenvalue weighted by molar-refractivity contribution is -0.147. The van der Waals surface area contributed by atoms with Gasteiger partial charge in [0.25, 0.3) is 0 Å². The predicted octanol–water partition coefficient (Wildman–Crippen LogP) is -0.866. The van der Waals surface area contributed by atoms with Gasteiger partial charge in [-0.3, -0.25) is 4.90 Å².